The fraction of sp³-hybridized carbons (Fsp3) is 0.550. The maximum atomic E-state index is 10.2. The van der Waals surface area contributed by atoms with Gasteiger partial charge in [0.15, 0.2) is 11.5 Å². The third kappa shape index (κ3) is 6.42. The zero-order valence-corrected chi connectivity index (χ0v) is 17.3. The number of β-amino-alcohol motifs (C(OH)–C–C–N with tert-alkyl or cyclic N) is 1. The van der Waals surface area contributed by atoms with Crippen molar-refractivity contribution in [2.75, 3.05) is 46.5 Å². The normalized spacial score (nSPS) is 16.1. The van der Waals surface area contributed by atoms with E-state index in [4.69, 9.17) is 14.2 Å². The van der Waals surface area contributed by atoms with E-state index in [1.807, 2.05) is 30.5 Å². The molecule has 1 aliphatic heterocycles. The van der Waals surface area contributed by atoms with Crippen molar-refractivity contribution in [2.24, 2.45) is 0 Å². The second kappa shape index (κ2) is 10.7. The van der Waals surface area contributed by atoms with E-state index < -0.39 is 6.10 Å². The summed E-state index contributed by atoms with van der Waals surface area (Å²) in [4.78, 5) is 6.64. The first-order chi connectivity index (χ1) is 13.6. The Morgan fingerprint density at radius 3 is 2.86 bits per heavy atom. The molecule has 1 saturated heterocycles. The number of rotatable bonds is 10. The number of aliphatic hydroxyl groups is 1. The number of aliphatic hydroxyl groups excluding tert-OH is 1. The standard InChI is InChI=1S/C20H29N3O4S/c1-15-22-17(14-28-15)13-27-19-4-3-16(9-20(19)25-2)10-21-11-18(24)12-23-5-7-26-8-6-23/h3-4,9,14,18,21,24H,5-8,10-13H2,1-2H3/t18-/m0/s1. The van der Waals surface area contributed by atoms with E-state index in [9.17, 15) is 5.11 Å². The number of morpholine rings is 1. The van der Waals surface area contributed by atoms with Crippen LogP contribution in [0.4, 0.5) is 0 Å². The van der Waals surface area contributed by atoms with Crippen molar-refractivity contribution < 1.29 is 19.3 Å². The summed E-state index contributed by atoms with van der Waals surface area (Å²) in [5.74, 6) is 1.39. The van der Waals surface area contributed by atoms with Crippen molar-refractivity contribution in [2.45, 2.75) is 26.2 Å². The predicted molar refractivity (Wildman–Crippen MR) is 109 cm³/mol. The quantitative estimate of drug-likeness (QED) is 0.622. The summed E-state index contributed by atoms with van der Waals surface area (Å²) in [7, 11) is 1.64. The van der Waals surface area contributed by atoms with Crippen molar-refractivity contribution >= 4 is 11.3 Å². The lowest BCUT2D eigenvalue weighted by Crippen LogP contribution is -2.43. The monoisotopic (exact) mass is 407 g/mol. The molecule has 28 heavy (non-hydrogen) atoms. The molecule has 154 valence electrons. The molecule has 0 bridgehead atoms. The first-order valence-electron chi connectivity index (χ1n) is 9.53. The molecule has 7 nitrogen and oxygen atoms in total. The topological polar surface area (TPSA) is 76.1 Å². The second-order valence-corrected chi connectivity index (χ2v) is 7.89. The number of thiazole rings is 1. The molecule has 1 aliphatic rings. The summed E-state index contributed by atoms with van der Waals surface area (Å²) in [6.45, 7) is 7.53. The Bertz CT molecular complexity index is 734. The summed E-state index contributed by atoms with van der Waals surface area (Å²) < 4.78 is 16.7. The van der Waals surface area contributed by atoms with E-state index in [2.05, 4.69) is 15.2 Å². The Kier molecular flexibility index (Phi) is 8.05. The fourth-order valence-electron chi connectivity index (χ4n) is 3.10. The average molecular weight is 408 g/mol. The van der Waals surface area contributed by atoms with E-state index in [-0.39, 0.29) is 0 Å². The third-order valence-corrected chi connectivity index (χ3v) is 5.37. The minimum atomic E-state index is -0.399. The van der Waals surface area contributed by atoms with Crippen LogP contribution in [0, 0.1) is 6.92 Å². The number of hydrogen-bond acceptors (Lipinski definition) is 8. The average Bonchev–Trinajstić information content (AvgIpc) is 3.12. The third-order valence-electron chi connectivity index (χ3n) is 4.55. The van der Waals surface area contributed by atoms with Crippen molar-refractivity contribution in [1.29, 1.82) is 0 Å². The number of aryl methyl sites for hydroxylation is 1. The summed E-state index contributed by atoms with van der Waals surface area (Å²) in [6, 6.07) is 5.88. The van der Waals surface area contributed by atoms with Gasteiger partial charge in [-0.2, -0.15) is 0 Å². The van der Waals surface area contributed by atoms with Gasteiger partial charge in [-0.3, -0.25) is 4.90 Å². The van der Waals surface area contributed by atoms with Crippen LogP contribution in [0.25, 0.3) is 0 Å². The van der Waals surface area contributed by atoms with Gasteiger partial charge in [0.1, 0.15) is 6.61 Å². The van der Waals surface area contributed by atoms with Gasteiger partial charge in [-0.25, -0.2) is 4.98 Å². The highest BCUT2D eigenvalue weighted by molar-refractivity contribution is 7.09. The zero-order valence-electron chi connectivity index (χ0n) is 16.5. The Balaban J connectivity index is 1.44. The smallest absolute Gasteiger partial charge is 0.161 e. The first kappa shape index (κ1) is 21.0. The zero-order chi connectivity index (χ0) is 19.8. The van der Waals surface area contributed by atoms with Crippen LogP contribution in [0.5, 0.6) is 11.5 Å². The van der Waals surface area contributed by atoms with E-state index in [1.54, 1.807) is 18.4 Å². The van der Waals surface area contributed by atoms with Gasteiger partial charge in [0, 0.05) is 38.1 Å². The number of nitrogens with zero attached hydrogens (tertiary/aromatic N) is 2. The Morgan fingerprint density at radius 2 is 2.14 bits per heavy atom. The summed E-state index contributed by atoms with van der Waals surface area (Å²) in [5.41, 5.74) is 2.00. The van der Waals surface area contributed by atoms with Crippen LogP contribution in [-0.2, 0) is 17.9 Å². The number of hydrogen-bond donors (Lipinski definition) is 2. The Labute approximate surface area is 170 Å². The van der Waals surface area contributed by atoms with Crippen LogP contribution < -0.4 is 14.8 Å². The first-order valence-corrected chi connectivity index (χ1v) is 10.4. The highest BCUT2D eigenvalue weighted by Gasteiger charge is 2.14. The van der Waals surface area contributed by atoms with E-state index in [0.29, 0.717) is 37.7 Å². The fourth-order valence-corrected chi connectivity index (χ4v) is 3.69. The molecule has 0 spiro atoms. The largest absolute Gasteiger partial charge is 0.493 e. The van der Waals surface area contributed by atoms with Crippen molar-refractivity contribution in [1.82, 2.24) is 15.2 Å². The Hall–Kier alpha value is -1.71. The van der Waals surface area contributed by atoms with Crippen LogP contribution in [0.3, 0.4) is 0 Å². The molecular formula is C20H29N3O4S. The van der Waals surface area contributed by atoms with E-state index in [0.717, 1.165) is 42.6 Å². The van der Waals surface area contributed by atoms with Crippen LogP contribution in [0.15, 0.2) is 23.6 Å². The van der Waals surface area contributed by atoms with Crippen LogP contribution in [0.1, 0.15) is 16.3 Å². The molecule has 0 saturated carbocycles. The molecule has 1 aromatic carbocycles. The predicted octanol–water partition coefficient (Wildman–Crippen LogP) is 1.82. The van der Waals surface area contributed by atoms with E-state index >= 15 is 0 Å². The molecule has 0 radical (unpaired) electrons. The van der Waals surface area contributed by atoms with Gasteiger partial charge in [0.05, 0.1) is 37.1 Å². The maximum Gasteiger partial charge on any atom is 0.161 e. The Morgan fingerprint density at radius 1 is 1.32 bits per heavy atom. The molecule has 1 aromatic heterocycles. The van der Waals surface area contributed by atoms with Crippen LogP contribution in [-0.4, -0.2) is 67.6 Å². The summed E-state index contributed by atoms with van der Waals surface area (Å²) in [6.07, 6.45) is -0.399. The van der Waals surface area contributed by atoms with Crippen LogP contribution >= 0.6 is 11.3 Å². The van der Waals surface area contributed by atoms with E-state index in [1.165, 1.54) is 0 Å². The van der Waals surface area contributed by atoms with Gasteiger partial charge in [0.25, 0.3) is 0 Å². The molecule has 0 amide bonds. The van der Waals surface area contributed by atoms with Crippen molar-refractivity contribution in [3.63, 3.8) is 0 Å². The minimum Gasteiger partial charge on any atom is -0.493 e. The molecular weight excluding hydrogens is 378 g/mol. The lowest BCUT2D eigenvalue weighted by molar-refractivity contribution is 0.0149. The number of aromatic nitrogens is 1. The molecule has 2 heterocycles. The van der Waals surface area contributed by atoms with Gasteiger partial charge in [0.2, 0.25) is 0 Å². The number of ether oxygens (including phenoxy) is 3. The number of methoxy groups -OCH3 is 1. The van der Waals surface area contributed by atoms with Crippen molar-refractivity contribution in [3.8, 4) is 11.5 Å². The molecule has 1 fully saturated rings. The van der Waals surface area contributed by atoms with Gasteiger partial charge >= 0.3 is 0 Å². The summed E-state index contributed by atoms with van der Waals surface area (Å²) in [5, 5.41) is 16.6. The highest BCUT2D eigenvalue weighted by Crippen LogP contribution is 2.29. The molecule has 8 heteroatoms. The van der Waals surface area contributed by atoms with Crippen LogP contribution in [0.2, 0.25) is 0 Å². The highest BCUT2D eigenvalue weighted by atomic mass is 32.1. The molecule has 0 aliphatic carbocycles. The number of benzene rings is 1. The van der Waals surface area contributed by atoms with Gasteiger partial charge in [-0.1, -0.05) is 6.07 Å². The number of nitrogens with one attached hydrogen (secondary N) is 1. The molecule has 2 N–H and O–H groups in total. The second-order valence-electron chi connectivity index (χ2n) is 6.83. The lowest BCUT2D eigenvalue weighted by Gasteiger charge is -2.28. The van der Waals surface area contributed by atoms with Gasteiger partial charge in [-0.05, 0) is 24.6 Å². The molecule has 3 rings (SSSR count). The van der Waals surface area contributed by atoms with Crippen molar-refractivity contribution in [3.05, 3.63) is 39.8 Å². The lowest BCUT2D eigenvalue weighted by atomic mass is 10.2. The minimum absolute atomic E-state index is 0.399. The maximum absolute atomic E-state index is 10.2. The molecule has 2 aromatic rings. The summed E-state index contributed by atoms with van der Waals surface area (Å²) >= 11 is 1.61. The van der Waals surface area contributed by atoms with Gasteiger partial charge < -0.3 is 24.6 Å². The molecule has 0 unspecified atom stereocenters. The van der Waals surface area contributed by atoms with Gasteiger partial charge in [-0.15, -0.1) is 11.3 Å². The molecule has 1 atom stereocenters. The SMILES string of the molecule is COc1cc(CNC[C@H](O)CN2CCOCC2)ccc1OCc1csc(C)n1.